The summed E-state index contributed by atoms with van der Waals surface area (Å²) in [5, 5.41) is 6.55. The summed E-state index contributed by atoms with van der Waals surface area (Å²) in [6.45, 7) is 5.07. The van der Waals surface area contributed by atoms with E-state index in [-0.39, 0.29) is 5.78 Å². The van der Waals surface area contributed by atoms with E-state index in [1.54, 1.807) is 6.20 Å². The molecule has 0 bridgehead atoms. The molecule has 0 fully saturated rings. The minimum Gasteiger partial charge on any atom is -0.383 e. The highest BCUT2D eigenvalue weighted by atomic mass is 16.1. The molecular weight excluding hydrogens is 412 g/mol. The first-order valence-electron chi connectivity index (χ1n) is 11.1. The highest BCUT2D eigenvalue weighted by molar-refractivity contribution is 6.08. The van der Waals surface area contributed by atoms with E-state index in [0.717, 1.165) is 38.6 Å². The van der Waals surface area contributed by atoms with Crippen LogP contribution in [0.15, 0.2) is 59.9 Å². The van der Waals surface area contributed by atoms with Crippen molar-refractivity contribution in [3.8, 4) is 0 Å². The topological polar surface area (TPSA) is 99.0 Å². The number of nitrogens with zero attached hydrogens (tertiary/aromatic N) is 5. The van der Waals surface area contributed by atoms with Crippen molar-refractivity contribution in [2.45, 2.75) is 33.2 Å². The van der Waals surface area contributed by atoms with Gasteiger partial charge in [-0.3, -0.25) is 19.5 Å². The summed E-state index contributed by atoms with van der Waals surface area (Å²) < 4.78 is 1.82. The van der Waals surface area contributed by atoms with Gasteiger partial charge in [-0.1, -0.05) is 26.0 Å². The molecule has 0 radical (unpaired) electrons. The number of hydrogen-bond acceptors (Lipinski definition) is 6. The number of carbonyl (C=O) groups excluding carboxylic acids is 1. The number of anilines is 1. The van der Waals surface area contributed by atoms with Crippen LogP contribution in [0.1, 0.15) is 31.5 Å². The number of fused-ring (bicyclic) bond motifs is 3. The summed E-state index contributed by atoms with van der Waals surface area (Å²) >= 11 is 0. The van der Waals surface area contributed by atoms with Crippen molar-refractivity contribution in [1.82, 2.24) is 19.7 Å². The van der Waals surface area contributed by atoms with E-state index in [0.29, 0.717) is 31.7 Å². The van der Waals surface area contributed by atoms with Crippen molar-refractivity contribution < 1.29 is 4.79 Å². The maximum absolute atomic E-state index is 13.0. The van der Waals surface area contributed by atoms with Gasteiger partial charge >= 0.3 is 0 Å². The largest absolute Gasteiger partial charge is 0.383 e. The van der Waals surface area contributed by atoms with Crippen LogP contribution in [0.2, 0.25) is 0 Å². The van der Waals surface area contributed by atoms with Crippen molar-refractivity contribution in [3.05, 3.63) is 66.1 Å². The van der Waals surface area contributed by atoms with Gasteiger partial charge in [-0.05, 0) is 47.9 Å². The summed E-state index contributed by atoms with van der Waals surface area (Å²) in [5.74, 6) is 0.622. The molecular formula is C26H26N6O. The van der Waals surface area contributed by atoms with Crippen LogP contribution < -0.4 is 5.73 Å². The van der Waals surface area contributed by atoms with Crippen molar-refractivity contribution in [2.24, 2.45) is 10.4 Å². The number of aliphatic imine (C=N–C) groups is 1. The average Bonchev–Trinajstić information content (AvgIpc) is 3.48. The Labute approximate surface area is 192 Å². The zero-order chi connectivity index (χ0) is 23.0. The van der Waals surface area contributed by atoms with Gasteiger partial charge in [-0.15, -0.1) is 0 Å². The van der Waals surface area contributed by atoms with Gasteiger partial charge in [0.2, 0.25) is 0 Å². The van der Waals surface area contributed by atoms with Crippen molar-refractivity contribution in [2.75, 3.05) is 12.3 Å². The number of aromatic nitrogens is 4. The molecule has 0 aliphatic carbocycles. The molecule has 1 aromatic carbocycles. The molecule has 3 aromatic heterocycles. The predicted octanol–water partition coefficient (Wildman–Crippen LogP) is 4.26. The van der Waals surface area contributed by atoms with Crippen molar-refractivity contribution in [3.63, 3.8) is 0 Å². The van der Waals surface area contributed by atoms with Gasteiger partial charge in [0.1, 0.15) is 17.1 Å². The fourth-order valence-corrected chi connectivity index (χ4v) is 4.26. The van der Waals surface area contributed by atoms with Gasteiger partial charge in [-0.2, -0.15) is 5.10 Å². The maximum atomic E-state index is 13.0. The second-order valence-corrected chi connectivity index (χ2v) is 9.13. The van der Waals surface area contributed by atoms with E-state index in [4.69, 9.17) is 10.8 Å². The molecule has 0 atom stereocenters. The van der Waals surface area contributed by atoms with E-state index in [1.807, 2.05) is 67.3 Å². The van der Waals surface area contributed by atoms with Crippen LogP contribution in [0, 0.1) is 5.41 Å². The third-order valence-electron chi connectivity index (χ3n) is 6.19. The SMILES string of the molecule is CC(C)(Cn1cc2c(N)nc3cc(C4=CC=NC4)ccc3c2n1)C(=O)CCc1ccccn1. The van der Waals surface area contributed by atoms with Crippen LogP contribution >= 0.6 is 0 Å². The Morgan fingerprint density at radius 3 is 2.82 bits per heavy atom. The van der Waals surface area contributed by atoms with Crippen LogP contribution in [-0.2, 0) is 17.8 Å². The summed E-state index contributed by atoms with van der Waals surface area (Å²) in [7, 11) is 0. The Kier molecular flexibility index (Phi) is 5.24. The highest BCUT2D eigenvalue weighted by Crippen LogP contribution is 2.31. The molecule has 2 N–H and O–H groups in total. The van der Waals surface area contributed by atoms with Gasteiger partial charge in [-0.25, -0.2) is 4.98 Å². The number of carbonyl (C=O) groups is 1. The van der Waals surface area contributed by atoms with Crippen LogP contribution in [0.25, 0.3) is 27.4 Å². The highest BCUT2D eigenvalue weighted by Gasteiger charge is 2.28. The Bertz CT molecular complexity index is 1420. The van der Waals surface area contributed by atoms with Gasteiger partial charge in [0.15, 0.2) is 0 Å². The number of rotatable bonds is 7. The number of aryl methyl sites for hydroxylation is 1. The molecule has 7 heteroatoms. The number of nitrogens with two attached hydrogens (primary N) is 1. The van der Waals surface area contributed by atoms with Crippen LogP contribution in [0.4, 0.5) is 5.82 Å². The number of allylic oxidation sites excluding steroid dienone is 1. The minimum absolute atomic E-state index is 0.181. The van der Waals surface area contributed by atoms with Gasteiger partial charge in [0, 0.05) is 41.5 Å². The standard InChI is InChI=1S/C26H26N6O/c1-26(2,23(33)9-7-19-5-3-4-11-29-19)16-32-15-21-24(31-32)20-8-6-17(18-10-12-28-14-18)13-22(20)30-25(21)27/h3-6,8,10-13,15H,7,9,14,16H2,1-2H3,(H2,27,30). The summed E-state index contributed by atoms with van der Waals surface area (Å²) in [6, 6.07) is 11.9. The normalized spacial score (nSPS) is 13.7. The lowest BCUT2D eigenvalue weighted by Gasteiger charge is -2.23. The Morgan fingerprint density at radius 1 is 1.18 bits per heavy atom. The number of hydrogen-bond donors (Lipinski definition) is 1. The second-order valence-electron chi connectivity index (χ2n) is 9.13. The molecule has 0 saturated carbocycles. The number of ketones is 1. The van der Waals surface area contributed by atoms with E-state index in [1.165, 1.54) is 0 Å². The van der Waals surface area contributed by atoms with Crippen molar-refractivity contribution >= 4 is 45.2 Å². The molecule has 4 aromatic rings. The first kappa shape index (κ1) is 21.0. The summed E-state index contributed by atoms with van der Waals surface area (Å²) in [5.41, 5.74) is 10.5. The molecule has 33 heavy (non-hydrogen) atoms. The zero-order valence-corrected chi connectivity index (χ0v) is 18.8. The number of Topliss-reactive ketones (excluding diaryl/α,β-unsaturated/α-hetero) is 1. The van der Waals surface area contributed by atoms with E-state index < -0.39 is 5.41 Å². The molecule has 166 valence electrons. The lowest BCUT2D eigenvalue weighted by atomic mass is 9.85. The monoisotopic (exact) mass is 438 g/mol. The van der Waals surface area contributed by atoms with Gasteiger partial charge in [0.25, 0.3) is 0 Å². The molecule has 1 aliphatic rings. The Balaban J connectivity index is 1.40. The van der Waals surface area contributed by atoms with E-state index in [9.17, 15) is 4.79 Å². The third-order valence-corrected chi connectivity index (χ3v) is 6.19. The maximum Gasteiger partial charge on any atom is 0.140 e. The lowest BCUT2D eigenvalue weighted by Crippen LogP contribution is -2.30. The van der Waals surface area contributed by atoms with E-state index >= 15 is 0 Å². The Hall–Kier alpha value is -3.87. The van der Waals surface area contributed by atoms with E-state index in [2.05, 4.69) is 21.0 Å². The number of pyridine rings is 2. The first-order valence-corrected chi connectivity index (χ1v) is 11.1. The number of nitrogen functional groups attached to an aromatic ring is 1. The molecule has 0 amide bonds. The average molecular weight is 439 g/mol. The fraction of sp³-hybridized carbons (Fsp3) is 0.269. The van der Waals surface area contributed by atoms with Gasteiger partial charge < -0.3 is 5.73 Å². The Morgan fingerprint density at radius 2 is 2.06 bits per heavy atom. The smallest absolute Gasteiger partial charge is 0.140 e. The quantitative estimate of drug-likeness (QED) is 0.465. The fourth-order valence-electron chi connectivity index (χ4n) is 4.26. The summed E-state index contributed by atoms with van der Waals surface area (Å²) in [4.78, 5) is 26.2. The lowest BCUT2D eigenvalue weighted by molar-refractivity contribution is -0.127. The minimum atomic E-state index is -0.572. The first-order chi connectivity index (χ1) is 15.9. The van der Waals surface area contributed by atoms with Gasteiger partial charge in [0.05, 0.1) is 24.0 Å². The van der Waals surface area contributed by atoms with Crippen LogP contribution in [0.3, 0.4) is 0 Å². The molecule has 4 heterocycles. The number of benzene rings is 1. The third kappa shape index (κ3) is 4.14. The molecule has 5 rings (SSSR count). The summed E-state index contributed by atoms with van der Waals surface area (Å²) in [6.07, 6.45) is 8.57. The molecule has 0 saturated heterocycles. The van der Waals surface area contributed by atoms with Crippen LogP contribution in [0.5, 0.6) is 0 Å². The molecule has 1 aliphatic heterocycles. The van der Waals surface area contributed by atoms with Crippen LogP contribution in [-0.4, -0.2) is 38.3 Å². The predicted molar refractivity (Wildman–Crippen MR) is 132 cm³/mol. The molecule has 7 nitrogen and oxygen atoms in total. The molecule has 0 spiro atoms. The molecule has 0 unspecified atom stereocenters. The second kappa shape index (κ2) is 8.24. The van der Waals surface area contributed by atoms with Crippen molar-refractivity contribution in [1.29, 1.82) is 0 Å². The zero-order valence-electron chi connectivity index (χ0n) is 18.8.